The van der Waals surface area contributed by atoms with Crippen LogP contribution < -0.4 is 5.32 Å². The molecule has 1 N–H and O–H groups in total. The summed E-state index contributed by atoms with van der Waals surface area (Å²) >= 11 is 0. The molecule has 0 aliphatic rings. The highest BCUT2D eigenvalue weighted by Gasteiger charge is 2.08. The summed E-state index contributed by atoms with van der Waals surface area (Å²) in [7, 11) is 0. The van der Waals surface area contributed by atoms with Gasteiger partial charge in [-0.3, -0.25) is 4.79 Å². The normalized spacial score (nSPS) is 11.7. The lowest BCUT2D eigenvalue weighted by molar-refractivity contribution is -0.116. The third-order valence-electron chi connectivity index (χ3n) is 4.13. The summed E-state index contributed by atoms with van der Waals surface area (Å²) in [6.45, 7) is 4.78. The summed E-state index contributed by atoms with van der Waals surface area (Å²) in [5.74, 6) is 0.348. The number of carbonyl (C=O) groups is 1. The molecule has 0 spiro atoms. The van der Waals surface area contributed by atoms with Gasteiger partial charge in [0.15, 0.2) is 0 Å². The molecule has 128 valence electrons. The lowest BCUT2D eigenvalue weighted by atomic mass is 10.1. The maximum Gasteiger partial charge on any atom is 0.244 e. The minimum absolute atomic E-state index is 0.233. The number of rotatable bonds is 5. The van der Waals surface area contributed by atoms with Crippen molar-refractivity contribution < 1.29 is 9.18 Å². The first-order valence-electron chi connectivity index (χ1n) is 8.19. The first-order chi connectivity index (χ1) is 12.1. The van der Waals surface area contributed by atoms with E-state index in [1.165, 1.54) is 12.1 Å². The van der Waals surface area contributed by atoms with Gasteiger partial charge in [0, 0.05) is 24.7 Å². The van der Waals surface area contributed by atoms with Crippen LogP contribution in [-0.2, 0) is 11.3 Å². The van der Waals surface area contributed by atoms with Crippen LogP contribution in [0.1, 0.15) is 18.3 Å². The van der Waals surface area contributed by atoms with E-state index in [9.17, 15) is 9.18 Å². The SMILES string of the molecule is C/C(=C/C(=O)NCCn1c(C)nc2ccccc21)c1ccccc1F. The zero-order valence-electron chi connectivity index (χ0n) is 14.3. The Morgan fingerprint density at radius 1 is 1.20 bits per heavy atom. The maximum atomic E-state index is 13.7. The molecule has 0 aliphatic heterocycles. The van der Waals surface area contributed by atoms with Crippen LogP contribution in [0.15, 0.2) is 54.6 Å². The fourth-order valence-electron chi connectivity index (χ4n) is 2.88. The molecule has 0 atom stereocenters. The lowest BCUT2D eigenvalue weighted by Gasteiger charge is -2.08. The lowest BCUT2D eigenvalue weighted by Crippen LogP contribution is -2.26. The van der Waals surface area contributed by atoms with E-state index in [0.29, 0.717) is 24.2 Å². The molecule has 3 aromatic rings. The van der Waals surface area contributed by atoms with E-state index < -0.39 is 0 Å². The summed E-state index contributed by atoms with van der Waals surface area (Å²) in [5.41, 5.74) is 3.03. The monoisotopic (exact) mass is 337 g/mol. The first kappa shape index (κ1) is 16.9. The molecule has 25 heavy (non-hydrogen) atoms. The smallest absolute Gasteiger partial charge is 0.244 e. The molecule has 0 unspecified atom stereocenters. The molecule has 1 amide bonds. The zero-order valence-corrected chi connectivity index (χ0v) is 14.3. The summed E-state index contributed by atoms with van der Waals surface area (Å²) in [6.07, 6.45) is 1.43. The number of nitrogens with zero attached hydrogens (tertiary/aromatic N) is 2. The highest BCUT2D eigenvalue weighted by Crippen LogP contribution is 2.17. The Hall–Kier alpha value is -2.95. The molecule has 1 heterocycles. The number of para-hydroxylation sites is 2. The van der Waals surface area contributed by atoms with Gasteiger partial charge in [-0.15, -0.1) is 0 Å². The number of benzene rings is 2. The quantitative estimate of drug-likeness (QED) is 0.722. The summed E-state index contributed by atoms with van der Waals surface area (Å²) in [4.78, 5) is 16.6. The van der Waals surface area contributed by atoms with Gasteiger partial charge in [0.05, 0.1) is 11.0 Å². The highest BCUT2D eigenvalue weighted by molar-refractivity contribution is 5.94. The highest BCUT2D eigenvalue weighted by atomic mass is 19.1. The minimum atomic E-state index is -0.329. The van der Waals surface area contributed by atoms with Crippen LogP contribution in [0, 0.1) is 12.7 Å². The second-order valence-electron chi connectivity index (χ2n) is 5.90. The molecule has 0 radical (unpaired) electrons. The number of aryl methyl sites for hydroxylation is 1. The summed E-state index contributed by atoms with van der Waals surface area (Å²) in [6, 6.07) is 14.3. The van der Waals surface area contributed by atoms with Crippen molar-refractivity contribution in [3.8, 4) is 0 Å². The Morgan fingerprint density at radius 2 is 1.92 bits per heavy atom. The van der Waals surface area contributed by atoms with E-state index in [4.69, 9.17) is 0 Å². The van der Waals surface area contributed by atoms with Crippen molar-refractivity contribution in [2.75, 3.05) is 6.54 Å². The topological polar surface area (TPSA) is 46.9 Å². The van der Waals surface area contributed by atoms with Crippen molar-refractivity contribution in [1.82, 2.24) is 14.9 Å². The molecule has 2 aromatic carbocycles. The number of carbonyl (C=O) groups excluding carboxylic acids is 1. The number of nitrogens with one attached hydrogen (secondary N) is 1. The van der Waals surface area contributed by atoms with E-state index in [0.717, 1.165) is 16.9 Å². The van der Waals surface area contributed by atoms with Crippen molar-refractivity contribution in [1.29, 1.82) is 0 Å². The number of imidazole rings is 1. The predicted molar refractivity (Wildman–Crippen MR) is 97.5 cm³/mol. The van der Waals surface area contributed by atoms with Crippen molar-refractivity contribution >= 4 is 22.5 Å². The number of halogens is 1. The molecule has 0 saturated heterocycles. The number of fused-ring (bicyclic) bond motifs is 1. The Labute approximate surface area is 146 Å². The number of aromatic nitrogens is 2. The van der Waals surface area contributed by atoms with Gasteiger partial charge < -0.3 is 9.88 Å². The van der Waals surface area contributed by atoms with Gasteiger partial charge in [-0.2, -0.15) is 0 Å². The summed E-state index contributed by atoms with van der Waals surface area (Å²) in [5, 5.41) is 2.85. The average molecular weight is 337 g/mol. The Bertz CT molecular complexity index is 943. The van der Waals surface area contributed by atoms with Crippen LogP contribution in [0.3, 0.4) is 0 Å². The standard InChI is InChI=1S/C20H20FN3O/c1-14(16-7-3-4-8-17(16)21)13-20(25)22-11-12-24-15(2)23-18-9-5-6-10-19(18)24/h3-10,13H,11-12H2,1-2H3,(H,22,25)/b14-13-. The van der Waals surface area contributed by atoms with E-state index in [1.54, 1.807) is 25.1 Å². The van der Waals surface area contributed by atoms with Crippen molar-refractivity contribution in [2.24, 2.45) is 0 Å². The molecule has 0 aliphatic carbocycles. The number of allylic oxidation sites excluding steroid dienone is 1. The molecule has 1 aromatic heterocycles. The third-order valence-corrected chi connectivity index (χ3v) is 4.13. The molecule has 3 rings (SSSR count). The Balaban J connectivity index is 1.64. The molecule has 0 fully saturated rings. The minimum Gasteiger partial charge on any atom is -0.351 e. The maximum absolute atomic E-state index is 13.7. The van der Waals surface area contributed by atoms with Crippen LogP contribution in [0.25, 0.3) is 16.6 Å². The van der Waals surface area contributed by atoms with E-state index >= 15 is 0 Å². The average Bonchev–Trinajstić information content (AvgIpc) is 2.91. The second kappa shape index (κ2) is 7.30. The fourth-order valence-corrected chi connectivity index (χ4v) is 2.88. The van der Waals surface area contributed by atoms with Crippen LogP contribution in [0.2, 0.25) is 0 Å². The van der Waals surface area contributed by atoms with Crippen LogP contribution in [-0.4, -0.2) is 22.0 Å². The van der Waals surface area contributed by atoms with E-state index in [1.807, 2.05) is 31.2 Å². The Morgan fingerprint density at radius 3 is 2.72 bits per heavy atom. The molecule has 4 nitrogen and oxygen atoms in total. The van der Waals surface area contributed by atoms with E-state index in [2.05, 4.69) is 14.9 Å². The summed E-state index contributed by atoms with van der Waals surface area (Å²) < 4.78 is 15.8. The Kier molecular flexibility index (Phi) is 4.93. The van der Waals surface area contributed by atoms with Gasteiger partial charge >= 0.3 is 0 Å². The van der Waals surface area contributed by atoms with Crippen molar-refractivity contribution in [3.05, 3.63) is 71.8 Å². The third kappa shape index (κ3) is 3.76. The van der Waals surface area contributed by atoms with Gasteiger partial charge in [0.2, 0.25) is 5.91 Å². The van der Waals surface area contributed by atoms with Crippen LogP contribution in [0.4, 0.5) is 4.39 Å². The predicted octanol–water partition coefficient (Wildman–Crippen LogP) is 3.70. The van der Waals surface area contributed by atoms with Crippen molar-refractivity contribution in [2.45, 2.75) is 20.4 Å². The molecular weight excluding hydrogens is 317 g/mol. The zero-order chi connectivity index (χ0) is 17.8. The van der Waals surface area contributed by atoms with Crippen LogP contribution in [0.5, 0.6) is 0 Å². The number of hydrogen-bond acceptors (Lipinski definition) is 2. The molecule has 5 heteroatoms. The second-order valence-corrected chi connectivity index (χ2v) is 5.90. The van der Waals surface area contributed by atoms with E-state index in [-0.39, 0.29) is 11.7 Å². The number of hydrogen-bond donors (Lipinski definition) is 1. The molecule has 0 bridgehead atoms. The van der Waals surface area contributed by atoms with Crippen LogP contribution >= 0.6 is 0 Å². The van der Waals surface area contributed by atoms with Gasteiger partial charge in [0.25, 0.3) is 0 Å². The first-order valence-corrected chi connectivity index (χ1v) is 8.19. The van der Waals surface area contributed by atoms with Gasteiger partial charge in [-0.05, 0) is 37.6 Å². The molecule has 0 saturated carbocycles. The fraction of sp³-hybridized carbons (Fsp3) is 0.200. The number of amides is 1. The van der Waals surface area contributed by atoms with Crippen molar-refractivity contribution in [3.63, 3.8) is 0 Å². The van der Waals surface area contributed by atoms with Gasteiger partial charge in [-0.1, -0.05) is 30.3 Å². The van der Waals surface area contributed by atoms with Gasteiger partial charge in [-0.25, -0.2) is 9.37 Å². The largest absolute Gasteiger partial charge is 0.351 e. The van der Waals surface area contributed by atoms with Gasteiger partial charge in [0.1, 0.15) is 11.6 Å². The molecular formula is C20H20FN3O.